The lowest BCUT2D eigenvalue weighted by molar-refractivity contribution is 0.459. The number of hydrogen-bond donors (Lipinski definition) is 1. The van der Waals surface area contributed by atoms with Gasteiger partial charge >= 0.3 is 0 Å². The Morgan fingerprint density at radius 1 is 1.28 bits per heavy atom. The molecule has 0 aromatic heterocycles. The molecule has 0 spiro atoms. The lowest BCUT2D eigenvalue weighted by Crippen LogP contribution is -2.26. The predicted molar refractivity (Wildman–Crippen MR) is 78.9 cm³/mol. The van der Waals surface area contributed by atoms with Crippen LogP contribution in [0, 0.1) is 5.92 Å². The maximum atomic E-state index is 6.09. The molecule has 1 heterocycles. The lowest BCUT2D eigenvalue weighted by Gasteiger charge is -2.26. The molecule has 1 aromatic rings. The van der Waals surface area contributed by atoms with Crippen LogP contribution in [0.5, 0.6) is 0 Å². The fourth-order valence-corrected chi connectivity index (χ4v) is 2.98. The molecule has 2 heteroatoms. The third-order valence-electron chi connectivity index (χ3n) is 4.19. The fraction of sp³-hybridized carbons (Fsp3) is 0.625. The van der Waals surface area contributed by atoms with E-state index in [0.717, 1.165) is 5.92 Å². The van der Waals surface area contributed by atoms with Crippen molar-refractivity contribution in [3.05, 3.63) is 29.8 Å². The largest absolute Gasteiger partial charge is 0.371 e. The van der Waals surface area contributed by atoms with E-state index in [2.05, 4.69) is 43.0 Å². The number of nitrogens with two attached hydrogens (primary N) is 1. The van der Waals surface area contributed by atoms with Gasteiger partial charge < -0.3 is 10.6 Å². The number of anilines is 1. The van der Waals surface area contributed by atoms with E-state index in [-0.39, 0.29) is 6.04 Å². The van der Waals surface area contributed by atoms with Crippen LogP contribution in [-0.2, 0) is 0 Å². The van der Waals surface area contributed by atoms with Crippen LogP contribution in [0.2, 0.25) is 0 Å². The first kappa shape index (κ1) is 13.4. The number of para-hydroxylation sites is 1. The third-order valence-corrected chi connectivity index (χ3v) is 4.19. The molecule has 2 unspecified atom stereocenters. The van der Waals surface area contributed by atoms with E-state index >= 15 is 0 Å². The van der Waals surface area contributed by atoms with Crippen molar-refractivity contribution in [2.24, 2.45) is 11.7 Å². The van der Waals surface area contributed by atoms with Crippen molar-refractivity contribution in [2.45, 2.75) is 45.6 Å². The molecule has 0 aliphatic carbocycles. The van der Waals surface area contributed by atoms with Gasteiger partial charge in [0.2, 0.25) is 0 Å². The van der Waals surface area contributed by atoms with Gasteiger partial charge in [-0.15, -0.1) is 0 Å². The highest BCUT2D eigenvalue weighted by molar-refractivity contribution is 5.55. The quantitative estimate of drug-likeness (QED) is 0.880. The van der Waals surface area contributed by atoms with Gasteiger partial charge in [0, 0.05) is 24.8 Å². The van der Waals surface area contributed by atoms with Crippen LogP contribution in [-0.4, -0.2) is 13.1 Å². The van der Waals surface area contributed by atoms with Crippen molar-refractivity contribution in [3.8, 4) is 0 Å². The smallest absolute Gasteiger partial charge is 0.0414 e. The number of benzene rings is 1. The molecule has 1 aliphatic heterocycles. The average Bonchev–Trinajstić information content (AvgIpc) is 2.63. The van der Waals surface area contributed by atoms with Gasteiger partial charge in [0.25, 0.3) is 0 Å². The maximum Gasteiger partial charge on any atom is 0.0414 e. The molecule has 1 saturated heterocycles. The van der Waals surface area contributed by atoms with Gasteiger partial charge in [-0.2, -0.15) is 0 Å². The van der Waals surface area contributed by atoms with Gasteiger partial charge in [0.1, 0.15) is 0 Å². The van der Waals surface area contributed by atoms with Gasteiger partial charge in [0.05, 0.1) is 0 Å². The summed E-state index contributed by atoms with van der Waals surface area (Å²) in [5, 5.41) is 0. The lowest BCUT2D eigenvalue weighted by atomic mass is 9.98. The molecule has 2 N–H and O–H groups in total. The van der Waals surface area contributed by atoms with Gasteiger partial charge in [-0.1, -0.05) is 31.5 Å². The monoisotopic (exact) mass is 246 g/mol. The van der Waals surface area contributed by atoms with Gasteiger partial charge in [-0.25, -0.2) is 0 Å². The summed E-state index contributed by atoms with van der Waals surface area (Å²) in [5.74, 6) is 0.914. The van der Waals surface area contributed by atoms with Crippen LogP contribution < -0.4 is 10.6 Å². The minimum Gasteiger partial charge on any atom is -0.371 e. The van der Waals surface area contributed by atoms with Crippen LogP contribution in [0.4, 0.5) is 5.69 Å². The minimum atomic E-state index is 0.117. The van der Waals surface area contributed by atoms with Crippen LogP contribution in [0.15, 0.2) is 24.3 Å². The Labute approximate surface area is 111 Å². The summed E-state index contributed by atoms with van der Waals surface area (Å²) in [6.07, 6.45) is 5.34. The molecule has 0 amide bonds. The minimum absolute atomic E-state index is 0.117. The molecule has 2 nitrogen and oxygen atoms in total. The van der Waals surface area contributed by atoms with Crippen LogP contribution in [0.3, 0.4) is 0 Å². The summed E-state index contributed by atoms with van der Waals surface area (Å²) in [5.41, 5.74) is 8.72. The van der Waals surface area contributed by atoms with Crippen molar-refractivity contribution in [3.63, 3.8) is 0 Å². The Kier molecular flexibility index (Phi) is 4.65. The first-order valence-corrected chi connectivity index (χ1v) is 7.31. The molecule has 0 radical (unpaired) electrons. The number of rotatable bonds is 3. The Hall–Kier alpha value is -1.02. The summed E-state index contributed by atoms with van der Waals surface area (Å²) < 4.78 is 0. The zero-order valence-electron chi connectivity index (χ0n) is 11.7. The summed E-state index contributed by atoms with van der Waals surface area (Å²) >= 11 is 0. The summed E-state index contributed by atoms with van der Waals surface area (Å²) in [4.78, 5) is 2.54. The van der Waals surface area contributed by atoms with E-state index in [4.69, 9.17) is 5.73 Å². The van der Waals surface area contributed by atoms with Crippen molar-refractivity contribution in [2.75, 3.05) is 18.0 Å². The van der Waals surface area contributed by atoms with E-state index in [0.29, 0.717) is 0 Å². The molecule has 0 saturated carbocycles. The van der Waals surface area contributed by atoms with E-state index in [1.54, 1.807) is 0 Å². The Morgan fingerprint density at radius 2 is 2.06 bits per heavy atom. The van der Waals surface area contributed by atoms with Crippen LogP contribution in [0.25, 0.3) is 0 Å². The van der Waals surface area contributed by atoms with Gasteiger partial charge in [0.15, 0.2) is 0 Å². The Bertz CT molecular complexity index is 373. The van der Waals surface area contributed by atoms with Gasteiger partial charge in [-0.05, 0) is 43.7 Å². The second-order valence-corrected chi connectivity index (χ2v) is 5.54. The Balaban J connectivity index is 2.16. The van der Waals surface area contributed by atoms with Crippen molar-refractivity contribution in [1.29, 1.82) is 0 Å². The molecule has 0 bridgehead atoms. The second kappa shape index (κ2) is 6.24. The standard InChI is InChI=1S/C16H26N2/c1-3-14-7-6-11-18(12-10-14)16-9-5-4-8-15(16)13(2)17/h4-5,8-9,13-14H,3,6-7,10-12,17H2,1-2H3. The highest BCUT2D eigenvalue weighted by atomic mass is 15.1. The molecule has 100 valence electrons. The van der Waals surface area contributed by atoms with E-state index < -0.39 is 0 Å². The molecule has 18 heavy (non-hydrogen) atoms. The van der Waals surface area contributed by atoms with Crippen LogP contribution in [0.1, 0.15) is 51.1 Å². The van der Waals surface area contributed by atoms with E-state index in [1.807, 2.05) is 0 Å². The van der Waals surface area contributed by atoms with Crippen molar-refractivity contribution >= 4 is 5.69 Å². The predicted octanol–water partition coefficient (Wildman–Crippen LogP) is 3.72. The van der Waals surface area contributed by atoms with Gasteiger partial charge in [-0.3, -0.25) is 0 Å². The highest BCUT2D eigenvalue weighted by Gasteiger charge is 2.18. The number of hydrogen-bond acceptors (Lipinski definition) is 2. The summed E-state index contributed by atoms with van der Waals surface area (Å²) in [6, 6.07) is 8.73. The summed E-state index contributed by atoms with van der Waals surface area (Å²) in [6.45, 7) is 6.75. The van der Waals surface area contributed by atoms with E-state index in [9.17, 15) is 0 Å². The fourth-order valence-electron chi connectivity index (χ4n) is 2.98. The zero-order chi connectivity index (χ0) is 13.0. The molecular formula is C16H26N2. The SMILES string of the molecule is CCC1CCCN(c2ccccc2C(C)N)CC1. The third kappa shape index (κ3) is 3.05. The first-order chi connectivity index (χ1) is 8.72. The Morgan fingerprint density at radius 3 is 2.78 bits per heavy atom. The average molecular weight is 246 g/mol. The van der Waals surface area contributed by atoms with Crippen molar-refractivity contribution < 1.29 is 0 Å². The highest BCUT2D eigenvalue weighted by Crippen LogP contribution is 2.29. The van der Waals surface area contributed by atoms with Crippen LogP contribution >= 0.6 is 0 Å². The molecule has 1 aromatic carbocycles. The molecule has 1 aliphatic rings. The first-order valence-electron chi connectivity index (χ1n) is 7.31. The zero-order valence-corrected chi connectivity index (χ0v) is 11.7. The molecule has 2 rings (SSSR count). The maximum absolute atomic E-state index is 6.09. The topological polar surface area (TPSA) is 29.3 Å². The molecule has 2 atom stereocenters. The second-order valence-electron chi connectivity index (χ2n) is 5.54. The normalized spacial score (nSPS) is 22.6. The number of nitrogens with zero attached hydrogens (tertiary/aromatic N) is 1. The van der Waals surface area contributed by atoms with Crippen molar-refractivity contribution in [1.82, 2.24) is 0 Å². The van der Waals surface area contributed by atoms with E-state index in [1.165, 1.54) is 50.0 Å². The molecule has 1 fully saturated rings. The summed E-state index contributed by atoms with van der Waals surface area (Å²) in [7, 11) is 0. The molecular weight excluding hydrogens is 220 g/mol.